The van der Waals surface area contributed by atoms with Gasteiger partial charge in [0.15, 0.2) is 0 Å². The zero-order valence-corrected chi connectivity index (χ0v) is 15.4. The minimum Gasteiger partial charge on any atom is -0.340 e. The molecule has 0 aliphatic rings. The van der Waals surface area contributed by atoms with E-state index in [2.05, 4.69) is 15.3 Å². The van der Waals surface area contributed by atoms with E-state index in [0.717, 1.165) is 22.6 Å². The van der Waals surface area contributed by atoms with Crippen molar-refractivity contribution in [3.05, 3.63) is 71.5 Å². The fourth-order valence-electron chi connectivity index (χ4n) is 2.41. The number of hydrogen-bond acceptors (Lipinski definition) is 6. The van der Waals surface area contributed by atoms with Gasteiger partial charge in [-0.1, -0.05) is 38.1 Å². The van der Waals surface area contributed by atoms with Crippen molar-refractivity contribution in [2.24, 2.45) is 5.73 Å². The Kier molecular flexibility index (Phi) is 7.17. The van der Waals surface area contributed by atoms with Crippen molar-refractivity contribution in [3.8, 4) is 17.3 Å². The molecule has 2 heterocycles. The van der Waals surface area contributed by atoms with E-state index in [-0.39, 0.29) is 0 Å². The van der Waals surface area contributed by atoms with Crippen LogP contribution < -0.4 is 11.1 Å². The summed E-state index contributed by atoms with van der Waals surface area (Å²) in [7, 11) is 0. The molecule has 0 bridgehead atoms. The zero-order valence-electron chi connectivity index (χ0n) is 15.4. The van der Waals surface area contributed by atoms with Crippen molar-refractivity contribution >= 4 is 17.7 Å². The van der Waals surface area contributed by atoms with Gasteiger partial charge in [0, 0.05) is 29.6 Å². The van der Waals surface area contributed by atoms with E-state index >= 15 is 0 Å². The van der Waals surface area contributed by atoms with Gasteiger partial charge in [-0.05, 0) is 30.3 Å². The quantitative estimate of drug-likeness (QED) is 0.591. The Morgan fingerprint density at radius 1 is 1.11 bits per heavy atom. The summed E-state index contributed by atoms with van der Waals surface area (Å²) in [4.78, 5) is 8.74. The summed E-state index contributed by atoms with van der Waals surface area (Å²) in [5.74, 6) is 0.544. The van der Waals surface area contributed by atoms with Gasteiger partial charge in [0.2, 0.25) is 0 Å². The molecule has 0 unspecified atom stereocenters. The van der Waals surface area contributed by atoms with Crippen molar-refractivity contribution in [2.75, 3.05) is 5.32 Å². The number of pyridine rings is 2. The average molecular weight is 358 g/mol. The number of anilines is 2. The highest BCUT2D eigenvalue weighted by Crippen LogP contribution is 2.26. The molecular weight excluding hydrogens is 336 g/mol. The molecule has 6 heteroatoms. The number of nitrogens with zero attached hydrogens (tertiary/aromatic N) is 3. The zero-order chi connectivity index (χ0) is 19.6. The molecule has 0 aliphatic carbocycles. The van der Waals surface area contributed by atoms with E-state index in [1.54, 1.807) is 18.2 Å². The molecule has 2 aromatic heterocycles. The van der Waals surface area contributed by atoms with Crippen molar-refractivity contribution in [2.45, 2.75) is 20.4 Å². The molecule has 4 N–H and O–H groups in total. The lowest BCUT2D eigenvalue weighted by Crippen LogP contribution is -2.01. The lowest BCUT2D eigenvalue weighted by atomic mass is 10.1. The molecule has 136 valence electrons. The molecular formula is C21H22N6. The first-order chi connectivity index (χ1) is 13.2. The monoisotopic (exact) mass is 358 g/mol. The van der Waals surface area contributed by atoms with E-state index in [9.17, 15) is 0 Å². The van der Waals surface area contributed by atoms with Crippen molar-refractivity contribution in [1.29, 1.82) is 10.7 Å². The summed E-state index contributed by atoms with van der Waals surface area (Å²) >= 11 is 0. The summed E-state index contributed by atoms with van der Waals surface area (Å²) in [5, 5.41) is 19.7. The lowest BCUT2D eigenvalue weighted by Gasteiger charge is -2.11. The molecule has 6 nitrogen and oxygen atoms in total. The highest BCUT2D eigenvalue weighted by atomic mass is 15.0. The smallest absolute Gasteiger partial charge is 0.142 e. The third-order valence-electron chi connectivity index (χ3n) is 3.65. The summed E-state index contributed by atoms with van der Waals surface area (Å²) < 4.78 is 0. The second-order valence-electron chi connectivity index (χ2n) is 5.31. The number of rotatable bonds is 5. The van der Waals surface area contributed by atoms with Crippen LogP contribution in [0, 0.1) is 16.7 Å². The van der Waals surface area contributed by atoms with Gasteiger partial charge < -0.3 is 16.5 Å². The van der Waals surface area contributed by atoms with Gasteiger partial charge in [0.05, 0.1) is 11.4 Å². The number of nitriles is 1. The van der Waals surface area contributed by atoms with Crippen LogP contribution in [0.25, 0.3) is 11.3 Å². The Labute approximate surface area is 159 Å². The van der Waals surface area contributed by atoms with Crippen molar-refractivity contribution in [3.63, 3.8) is 0 Å². The fraction of sp³-hybridized carbons (Fsp3) is 0.143. The van der Waals surface area contributed by atoms with Crippen LogP contribution in [0.1, 0.15) is 30.8 Å². The van der Waals surface area contributed by atoms with Gasteiger partial charge in [-0.15, -0.1) is 0 Å². The van der Waals surface area contributed by atoms with Gasteiger partial charge in [-0.3, -0.25) is 4.98 Å². The van der Waals surface area contributed by atoms with E-state index in [1.165, 1.54) is 6.21 Å². The van der Waals surface area contributed by atoms with Gasteiger partial charge in [0.25, 0.3) is 0 Å². The number of benzene rings is 1. The molecule has 0 aliphatic heterocycles. The lowest BCUT2D eigenvalue weighted by molar-refractivity contribution is 0.994. The number of nitrogens with one attached hydrogen (secondary N) is 2. The first kappa shape index (κ1) is 19.8. The highest BCUT2D eigenvalue weighted by Gasteiger charge is 2.07. The topological polar surface area (TPSA) is 111 Å². The predicted molar refractivity (Wildman–Crippen MR) is 109 cm³/mol. The first-order valence-electron chi connectivity index (χ1n) is 8.68. The minimum atomic E-state index is 0.329. The molecule has 3 aromatic rings. The Bertz CT molecular complexity index is 959. The van der Waals surface area contributed by atoms with Crippen LogP contribution in [0.2, 0.25) is 0 Å². The maximum Gasteiger partial charge on any atom is 0.142 e. The van der Waals surface area contributed by atoms with Crippen molar-refractivity contribution < 1.29 is 0 Å². The maximum absolute atomic E-state index is 8.98. The van der Waals surface area contributed by atoms with Crippen molar-refractivity contribution in [1.82, 2.24) is 9.97 Å². The van der Waals surface area contributed by atoms with Crippen LogP contribution >= 0.6 is 0 Å². The van der Waals surface area contributed by atoms with Gasteiger partial charge in [-0.25, -0.2) is 4.98 Å². The molecule has 1 aromatic carbocycles. The molecule has 27 heavy (non-hydrogen) atoms. The fourth-order valence-corrected chi connectivity index (χ4v) is 2.41. The molecule has 0 amide bonds. The van der Waals surface area contributed by atoms with E-state index in [1.807, 2.05) is 56.3 Å². The van der Waals surface area contributed by atoms with Gasteiger partial charge in [0.1, 0.15) is 17.6 Å². The predicted octanol–water partition coefficient (Wildman–Crippen LogP) is 4.24. The molecule has 0 atom stereocenters. The molecule has 0 saturated heterocycles. The van der Waals surface area contributed by atoms with Crippen LogP contribution in [0.3, 0.4) is 0 Å². The normalized spacial score (nSPS) is 9.56. The second-order valence-corrected chi connectivity index (χ2v) is 5.31. The van der Waals surface area contributed by atoms with Gasteiger partial charge in [-0.2, -0.15) is 5.26 Å². The van der Waals surface area contributed by atoms with Crippen LogP contribution in [0.4, 0.5) is 11.5 Å². The summed E-state index contributed by atoms with van der Waals surface area (Å²) in [6, 6.07) is 18.6. The number of hydrogen-bond donors (Lipinski definition) is 3. The van der Waals surface area contributed by atoms with Crippen LogP contribution in [0.15, 0.2) is 54.6 Å². The molecule has 0 fully saturated rings. The SMILES string of the molecule is CC.N#Cc1cccc(Nc2cc(-c3cccc(CN)n3)ccc2C=N)n1. The Morgan fingerprint density at radius 3 is 2.59 bits per heavy atom. The highest BCUT2D eigenvalue weighted by molar-refractivity contribution is 5.89. The average Bonchev–Trinajstić information content (AvgIpc) is 2.75. The Hall–Kier alpha value is -3.56. The first-order valence-corrected chi connectivity index (χ1v) is 8.68. The largest absolute Gasteiger partial charge is 0.340 e. The summed E-state index contributed by atoms with van der Waals surface area (Å²) in [6.07, 6.45) is 1.27. The van der Waals surface area contributed by atoms with Crippen LogP contribution in [0.5, 0.6) is 0 Å². The summed E-state index contributed by atoms with van der Waals surface area (Å²) in [5.41, 5.74) is 9.94. The molecule has 0 radical (unpaired) electrons. The van der Waals surface area contributed by atoms with Crippen LogP contribution in [-0.4, -0.2) is 16.2 Å². The molecule has 0 saturated carbocycles. The third-order valence-corrected chi connectivity index (χ3v) is 3.65. The molecule has 0 spiro atoms. The minimum absolute atomic E-state index is 0.329. The number of aromatic nitrogens is 2. The standard InChI is InChI=1S/C19H16N6.C2H6/c20-10-14-8-7-13(17-5-1-3-15(11-21)23-17)9-18(14)25-19-6-2-4-16(12-22)24-19;1-2/h1-10,20H,11,21H2,(H,24,25);1-2H3. The summed E-state index contributed by atoms with van der Waals surface area (Å²) in [6.45, 7) is 4.38. The molecule has 3 rings (SSSR count). The number of nitrogens with two attached hydrogens (primary N) is 1. The second kappa shape index (κ2) is 9.80. The van der Waals surface area contributed by atoms with Crippen LogP contribution in [-0.2, 0) is 6.54 Å². The Morgan fingerprint density at radius 2 is 1.89 bits per heavy atom. The Balaban J connectivity index is 0.00000126. The van der Waals surface area contributed by atoms with E-state index < -0.39 is 0 Å². The maximum atomic E-state index is 8.98. The van der Waals surface area contributed by atoms with Gasteiger partial charge >= 0.3 is 0 Å². The van der Waals surface area contributed by atoms with E-state index in [4.69, 9.17) is 16.4 Å². The van der Waals surface area contributed by atoms with E-state index in [0.29, 0.717) is 23.6 Å². The third kappa shape index (κ3) is 4.97.